The van der Waals surface area contributed by atoms with Gasteiger partial charge in [0.2, 0.25) is 0 Å². The zero-order chi connectivity index (χ0) is 13.1. The van der Waals surface area contributed by atoms with Crippen LogP contribution in [0.3, 0.4) is 0 Å². The van der Waals surface area contributed by atoms with Crippen LogP contribution in [0.25, 0.3) is 0 Å². The normalized spacial score (nSPS) is 9.83. The number of rotatable bonds is 2. The molecule has 0 saturated carbocycles. The summed E-state index contributed by atoms with van der Waals surface area (Å²) in [5.41, 5.74) is 8.38. The maximum atomic E-state index is 8.79. The molecular weight excluding hydrogens is 314 g/mol. The Morgan fingerprint density at radius 1 is 1.17 bits per heavy atom. The first-order valence-corrected chi connectivity index (χ1v) is 6.29. The fraction of sp³-hybridized carbons (Fsp3) is 0. The highest BCUT2D eigenvalue weighted by atomic mass is 79.9. The van der Waals surface area contributed by atoms with E-state index in [2.05, 4.69) is 21.2 Å². The molecule has 2 rings (SSSR count). The number of anilines is 3. The molecule has 0 aliphatic heterocycles. The predicted octanol–water partition coefficient (Wildman–Crippen LogP) is 4.30. The van der Waals surface area contributed by atoms with Crippen LogP contribution in [0.5, 0.6) is 0 Å². The van der Waals surface area contributed by atoms with Gasteiger partial charge in [-0.1, -0.05) is 11.6 Å². The lowest BCUT2D eigenvalue weighted by Crippen LogP contribution is -1.94. The molecule has 0 spiro atoms. The third-order valence-corrected chi connectivity index (χ3v) is 3.59. The first-order valence-electron chi connectivity index (χ1n) is 5.12. The van der Waals surface area contributed by atoms with Crippen LogP contribution in [0.4, 0.5) is 17.1 Å². The van der Waals surface area contributed by atoms with E-state index in [4.69, 9.17) is 22.6 Å². The van der Waals surface area contributed by atoms with Crippen molar-refractivity contribution in [2.45, 2.75) is 0 Å². The topological polar surface area (TPSA) is 61.8 Å². The van der Waals surface area contributed by atoms with E-state index in [1.807, 2.05) is 18.2 Å². The monoisotopic (exact) mass is 321 g/mol. The lowest BCUT2D eigenvalue weighted by atomic mass is 10.2. The van der Waals surface area contributed by atoms with E-state index in [0.717, 1.165) is 15.8 Å². The molecule has 0 unspecified atom stereocenters. The molecule has 0 aliphatic rings. The van der Waals surface area contributed by atoms with Gasteiger partial charge in [-0.3, -0.25) is 0 Å². The fourth-order valence-corrected chi connectivity index (χ4v) is 1.98. The van der Waals surface area contributed by atoms with Gasteiger partial charge in [0.25, 0.3) is 0 Å². The van der Waals surface area contributed by atoms with Crippen LogP contribution in [-0.2, 0) is 0 Å². The molecule has 2 aromatic carbocycles. The molecule has 0 radical (unpaired) electrons. The van der Waals surface area contributed by atoms with Gasteiger partial charge in [0, 0.05) is 15.8 Å². The Morgan fingerprint density at radius 3 is 2.44 bits per heavy atom. The molecule has 0 heterocycles. The van der Waals surface area contributed by atoms with Crippen molar-refractivity contribution >= 4 is 44.6 Å². The molecule has 0 saturated heterocycles. The van der Waals surface area contributed by atoms with Crippen molar-refractivity contribution in [1.29, 1.82) is 5.26 Å². The Labute approximate surface area is 118 Å². The van der Waals surface area contributed by atoms with Crippen LogP contribution in [0.1, 0.15) is 5.56 Å². The number of hydrogen-bond donors (Lipinski definition) is 2. The second-order valence-corrected chi connectivity index (χ2v) is 4.93. The third-order valence-electron chi connectivity index (χ3n) is 2.38. The molecular formula is C13H9BrClN3. The first kappa shape index (κ1) is 12.7. The van der Waals surface area contributed by atoms with Crippen LogP contribution in [0, 0.1) is 11.3 Å². The molecule has 3 nitrogen and oxygen atoms in total. The van der Waals surface area contributed by atoms with E-state index in [0.29, 0.717) is 16.3 Å². The maximum Gasteiger partial charge on any atom is 0.101 e. The summed E-state index contributed by atoms with van der Waals surface area (Å²) in [6, 6.07) is 12.8. The molecule has 0 atom stereocenters. The van der Waals surface area contributed by atoms with E-state index in [1.54, 1.807) is 24.3 Å². The average molecular weight is 323 g/mol. The highest BCUT2D eigenvalue weighted by molar-refractivity contribution is 9.10. The Kier molecular flexibility index (Phi) is 3.75. The van der Waals surface area contributed by atoms with Crippen molar-refractivity contribution in [3.63, 3.8) is 0 Å². The number of halogens is 2. The Bertz CT molecular complexity index is 635. The number of benzene rings is 2. The minimum Gasteiger partial charge on any atom is -0.398 e. The van der Waals surface area contributed by atoms with Crippen molar-refractivity contribution in [3.8, 4) is 6.07 Å². The summed E-state index contributed by atoms with van der Waals surface area (Å²) in [7, 11) is 0. The summed E-state index contributed by atoms with van der Waals surface area (Å²) >= 11 is 9.27. The van der Waals surface area contributed by atoms with E-state index in [-0.39, 0.29) is 0 Å². The van der Waals surface area contributed by atoms with Crippen LogP contribution >= 0.6 is 27.5 Å². The van der Waals surface area contributed by atoms with Gasteiger partial charge < -0.3 is 11.1 Å². The summed E-state index contributed by atoms with van der Waals surface area (Å²) in [6.45, 7) is 0. The molecule has 0 aliphatic carbocycles. The minimum absolute atomic E-state index is 0.454. The van der Waals surface area contributed by atoms with E-state index in [9.17, 15) is 0 Å². The summed E-state index contributed by atoms with van der Waals surface area (Å²) in [4.78, 5) is 0. The standard InChI is InChI=1S/C13H9BrClN3/c14-11-5-9(3-4-12(11)15)18-10-2-1-8(7-16)13(17)6-10/h1-6,18H,17H2. The minimum atomic E-state index is 0.454. The lowest BCUT2D eigenvalue weighted by Gasteiger charge is -2.08. The van der Waals surface area contributed by atoms with Gasteiger partial charge in [-0.25, -0.2) is 0 Å². The zero-order valence-electron chi connectivity index (χ0n) is 9.24. The van der Waals surface area contributed by atoms with Crippen LogP contribution in [-0.4, -0.2) is 0 Å². The molecule has 0 bridgehead atoms. The van der Waals surface area contributed by atoms with Crippen molar-refractivity contribution < 1.29 is 0 Å². The molecule has 18 heavy (non-hydrogen) atoms. The van der Waals surface area contributed by atoms with Gasteiger partial charge in [0.05, 0.1) is 16.3 Å². The highest BCUT2D eigenvalue weighted by Gasteiger charge is 2.02. The maximum absolute atomic E-state index is 8.79. The van der Waals surface area contributed by atoms with E-state index < -0.39 is 0 Å². The quantitative estimate of drug-likeness (QED) is 0.810. The van der Waals surface area contributed by atoms with Crippen molar-refractivity contribution in [3.05, 3.63) is 51.5 Å². The van der Waals surface area contributed by atoms with E-state index >= 15 is 0 Å². The van der Waals surface area contributed by atoms with Gasteiger partial charge in [-0.15, -0.1) is 0 Å². The second-order valence-electron chi connectivity index (χ2n) is 3.67. The molecule has 2 aromatic rings. The number of nitrogen functional groups attached to an aromatic ring is 1. The molecule has 0 aromatic heterocycles. The number of nitriles is 1. The van der Waals surface area contributed by atoms with Crippen LogP contribution < -0.4 is 11.1 Å². The summed E-state index contributed by atoms with van der Waals surface area (Å²) < 4.78 is 0.816. The fourth-order valence-electron chi connectivity index (χ4n) is 1.48. The number of hydrogen-bond acceptors (Lipinski definition) is 3. The molecule has 0 fully saturated rings. The van der Waals surface area contributed by atoms with Crippen molar-refractivity contribution in [2.75, 3.05) is 11.1 Å². The van der Waals surface area contributed by atoms with Gasteiger partial charge >= 0.3 is 0 Å². The average Bonchev–Trinajstić information content (AvgIpc) is 2.34. The first-order chi connectivity index (χ1) is 8.60. The molecule has 3 N–H and O–H groups in total. The van der Waals surface area contributed by atoms with Gasteiger partial charge in [-0.05, 0) is 52.3 Å². The zero-order valence-corrected chi connectivity index (χ0v) is 11.6. The predicted molar refractivity (Wildman–Crippen MR) is 78.0 cm³/mol. The SMILES string of the molecule is N#Cc1ccc(Nc2ccc(Cl)c(Br)c2)cc1N. The van der Waals surface area contributed by atoms with Crippen molar-refractivity contribution in [2.24, 2.45) is 0 Å². The van der Waals surface area contributed by atoms with Crippen LogP contribution in [0.2, 0.25) is 5.02 Å². The van der Waals surface area contributed by atoms with Gasteiger partial charge in [0.15, 0.2) is 0 Å². The molecule has 90 valence electrons. The molecule has 0 amide bonds. The summed E-state index contributed by atoms with van der Waals surface area (Å²) in [5.74, 6) is 0. The molecule has 5 heteroatoms. The van der Waals surface area contributed by atoms with Gasteiger partial charge in [0.1, 0.15) is 6.07 Å². The summed E-state index contributed by atoms with van der Waals surface area (Å²) in [6.07, 6.45) is 0. The van der Waals surface area contributed by atoms with E-state index in [1.165, 1.54) is 0 Å². The number of nitrogens with two attached hydrogens (primary N) is 1. The largest absolute Gasteiger partial charge is 0.398 e. The second kappa shape index (κ2) is 5.30. The third kappa shape index (κ3) is 2.76. The number of nitrogens with one attached hydrogen (secondary N) is 1. The Morgan fingerprint density at radius 2 is 1.83 bits per heavy atom. The van der Waals surface area contributed by atoms with Crippen LogP contribution in [0.15, 0.2) is 40.9 Å². The summed E-state index contributed by atoms with van der Waals surface area (Å²) in [5, 5.41) is 12.6. The highest BCUT2D eigenvalue weighted by Crippen LogP contribution is 2.28. The smallest absolute Gasteiger partial charge is 0.101 e. The Balaban J connectivity index is 2.26. The Hall–Kier alpha value is -1.70. The number of nitrogens with zero attached hydrogens (tertiary/aromatic N) is 1. The van der Waals surface area contributed by atoms with Gasteiger partial charge in [-0.2, -0.15) is 5.26 Å². The van der Waals surface area contributed by atoms with Crippen molar-refractivity contribution in [1.82, 2.24) is 0 Å². The lowest BCUT2D eigenvalue weighted by molar-refractivity contribution is 1.47.